The molecule has 1 unspecified atom stereocenters. The normalized spacial score (nSPS) is 15.1. The monoisotopic (exact) mass is 419 g/mol. The Hall–Kier alpha value is -3.12. The quantitative estimate of drug-likeness (QED) is 0.380. The summed E-state index contributed by atoms with van der Waals surface area (Å²) in [4.78, 5) is 29.7. The molecule has 0 bridgehead atoms. The van der Waals surface area contributed by atoms with Gasteiger partial charge in [0.15, 0.2) is 0 Å². The molecule has 3 aromatic carbocycles. The van der Waals surface area contributed by atoms with E-state index in [1.54, 1.807) is 0 Å². The number of hydrogen-bond acceptors (Lipinski definition) is 3. The lowest BCUT2D eigenvalue weighted by Crippen LogP contribution is -2.31. The minimum absolute atomic E-state index is 0.295. The van der Waals surface area contributed by atoms with E-state index in [4.69, 9.17) is 0 Å². The van der Waals surface area contributed by atoms with Gasteiger partial charge in [0.05, 0.1) is 5.56 Å². The van der Waals surface area contributed by atoms with Crippen molar-refractivity contribution in [2.24, 2.45) is 0 Å². The molecule has 0 fully saturated rings. The molecule has 27 heavy (non-hydrogen) atoms. The molecule has 1 aliphatic heterocycles. The van der Waals surface area contributed by atoms with Crippen LogP contribution in [0.5, 0.6) is 0 Å². The zero-order chi connectivity index (χ0) is 18.5. The van der Waals surface area contributed by atoms with Gasteiger partial charge in [-0.25, -0.2) is 4.79 Å². The van der Waals surface area contributed by atoms with E-state index < -0.39 is 5.69 Å². The van der Waals surface area contributed by atoms with E-state index >= 15 is 0 Å². The fourth-order valence-electron chi connectivity index (χ4n) is 3.85. The zero-order valence-electron chi connectivity index (χ0n) is 14.0. The summed E-state index contributed by atoms with van der Waals surface area (Å²) in [6, 6.07) is 20.1. The van der Waals surface area contributed by atoms with E-state index in [2.05, 4.69) is 43.3 Å². The SMILES string of the molecule is O=c1[nH]c2c(c(=O)[nH]1)C(c1ccc(Br)cc1)c1c(ccc3ccccc13)N2. The second kappa shape index (κ2) is 5.96. The molecule has 5 nitrogen and oxygen atoms in total. The smallest absolute Gasteiger partial charge is 0.327 e. The van der Waals surface area contributed by atoms with Gasteiger partial charge in [-0.3, -0.25) is 14.8 Å². The third-order valence-corrected chi connectivity index (χ3v) is 5.52. The molecule has 0 radical (unpaired) electrons. The lowest BCUT2D eigenvalue weighted by atomic mass is 9.80. The van der Waals surface area contributed by atoms with Crippen molar-refractivity contribution in [3.8, 4) is 0 Å². The van der Waals surface area contributed by atoms with Crippen molar-refractivity contribution in [3.63, 3.8) is 0 Å². The molecule has 1 aromatic heterocycles. The fourth-order valence-corrected chi connectivity index (χ4v) is 4.12. The first-order chi connectivity index (χ1) is 13.1. The maximum Gasteiger partial charge on any atom is 0.327 e. The molecular weight excluding hydrogens is 406 g/mol. The molecule has 0 amide bonds. The molecule has 0 spiro atoms. The van der Waals surface area contributed by atoms with E-state index in [9.17, 15) is 9.59 Å². The number of H-pyrrole nitrogens is 2. The summed E-state index contributed by atoms with van der Waals surface area (Å²) in [7, 11) is 0. The summed E-state index contributed by atoms with van der Waals surface area (Å²) in [6.07, 6.45) is 0. The lowest BCUT2D eigenvalue weighted by Gasteiger charge is -2.29. The molecular formula is C21H14BrN3O2. The second-order valence-electron chi connectivity index (χ2n) is 6.55. The molecule has 4 aromatic rings. The molecule has 6 heteroatoms. The Kier molecular flexibility index (Phi) is 3.55. The third kappa shape index (κ3) is 2.52. The Morgan fingerprint density at radius 1 is 0.815 bits per heavy atom. The maximum absolute atomic E-state index is 12.8. The van der Waals surface area contributed by atoms with Crippen LogP contribution in [0.1, 0.15) is 22.6 Å². The van der Waals surface area contributed by atoms with E-state index in [1.165, 1.54) is 0 Å². The Morgan fingerprint density at radius 3 is 2.41 bits per heavy atom. The maximum atomic E-state index is 12.8. The van der Waals surface area contributed by atoms with Crippen LogP contribution in [0.15, 0.2) is 74.7 Å². The summed E-state index contributed by atoms with van der Waals surface area (Å²) in [5.74, 6) is 0.149. The first kappa shape index (κ1) is 16.1. The van der Waals surface area contributed by atoms with Gasteiger partial charge in [-0.2, -0.15) is 0 Å². The van der Waals surface area contributed by atoms with Gasteiger partial charge < -0.3 is 5.32 Å². The average molecular weight is 420 g/mol. The molecule has 0 saturated carbocycles. The van der Waals surface area contributed by atoms with E-state index in [1.807, 2.05) is 48.5 Å². The topological polar surface area (TPSA) is 77.8 Å². The van der Waals surface area contributed by atoms with Gasteiger partial charge in [0.1, 0.15) is 5.82 Å². The van der Waals surface area contributed by atoms with Gasteiger partial charge in [-0.05, 0) is 40.1 Å². The lowest BCUT2D eigenvalue weighted by molar-refractivity contribution is 0.893. The molecule has 0 saturated heterocycles. The van der Waals surface area contributed by atoms with Crippen LogP contribution in [-0.4, -0.2) is 9.97 Å². The number of aromatic nitrogens is 2. The predicted molar refractivity (Wildman–Crippen MR) is 110 cm³/mol. The highest BCUT2D eigenvalue weighted by Crippen LogP contribution is 2.45. The highest BCUT2D eigenvalue weighted by Gasteiger charge is 2.32. The van der Waals surface area contributed by atoms with Crippen molar-refractivity contribution < 1.29 is 0 Å². The van der Waals surface area contributed by atoms with E-state index in [-0.39, 0.29) is 11.5 Å². The van der Waals surface area contributed by atoms with Crippen molar-refractivity contribution in [3.05, 3.63) is 103 Å². The molecule has 1 atom stereocenters. The van der Waals surface area contributed by atoms with E-state index in [0.717, 1.165) is 32.1 Å². The Labute approximate surface area is 162 Å². The van der Waals surface area contributed by atoms with Crippen molar-refractivity contribution >= 4 is 38.2 Å². The van der Waals surface area contributed by atoms with Gasteiger partial charge in [0.2, 0.25) is 0 Å². The van der Waals surface area contributed by atoms with Crippen molar-refractivity contribution in [2.45, 2.75) is 5.92 Å². The van der Waals surface area contributed by atoms with Gasteiger partial charge in [-0.1, -0.05) is 58.4 Å². The Bertz CT molecular complexity index is 1310. The Morgan fingerprint density at radius 2 is 1.59 bits per heavy atom. The highest BCUT2D eigenvalue weighted by atomic mass is 79.9. The number of rotatable bonds is 1. The number of aromatic amines is 2. The first-order valence-corrected chi connectivity index (χ1v) is 9.32. The van der Waals surface area contributed by atoms with Crippen LogP contribution in [0.25, 0.3) is 10.8 Å². The third-order valence-electron chi connectivity index (χ3n) is 4.99. The largest absolute Gasteiger partial charge is 0.341 e. The second-order valence-corrected chi connectivity index (χ2v) is 7.47. The molecule has 5 rings (SSSR count). The van der Waals surface area contributed by atoms with Gasteiger partial charge >= 0.3 is 5.69 Å². The average Bonchev–Trinajstić information content (AvgIpc) is 2.66. The Balaban J connectivity index is 1.90. The van der Waals surface area contributed by atoms with Crippen LogP contribution in [-0.2, 0) is 0 Å². The fraction of sp³-hybridized carbons (Fsp3) is 0.0476. The molecule has 132 valence electrons. The van der Waals surface area contributed by atoms with Gasteiger partial charge in [0.25, 0.3) is 5.56 Å². The van der Waals surface area contributed by atoms with Crippen LogP contribution >= 0.6 is 15.9 Å². The highest BCUT2D eigenvalue weighted by molar-refractivity contribution is 9.10. The van der Waals surface area contributed by atoms with Crippen LogP contribution in [0.2, 0.25) is 0 Å². The van der Waals surface area contributed by atoms with Gasteiger partial charge in [-0.15, -0.1) is 0 Å². The first-order valence-electron chi connectivity index (χ1n) is 8.52. The van der Waals surface area contributed by atoms with Crippen LogP contribution in [0, 0.1) is 0 Å². The van der Waals surface area contributed by atoms with Crippen molar-refractivity contribution in [1.82, 2.24) is 9.97 Å². The predicted octanol–water partition coefficient (Wildman–Crippen LogP) is 4.22. The number of anilines is 2. The minimum atomic E-state index is -0.523. The van der Waals surface area contributed by atoms with Crippen LogP contribution in [0.4, 0.5) is 11.5 Å². The standard InChI is InChI=1S/C21H14BrN3O2/c22-13-8-5-12(6-9-13)16-17-14-4-2-1-3-11(14)7-10-15(17)23-19-18(16)20(26)25-21(27)24-19/h1-10,16H,(H3,23,24,25,26,27). The number of nitrogens with one attached hydrogen (secondary N) is 3. The number of fused-ring (bicyclic) bond motifs is 4. The number of hydrogen-bond donors (Lipinski definition) is 3. The number of benzene rings is 3. The van der Waals surface area contributed by atoms with Crippen molar-refractivity contribution in [1.29, 1.82) is 0 Å². The summed E-state index contributed by atoms with van der Waals surface area (Å²) >= 11 is 3.47. The molecule has 2 heterocycles. The van der Waals surface area contributed by atoms with Crippen LogP contribution < -0.4 is 16.6 Å². The minimum Gasteiger partial charge on any atom is -0.341 e. The summed E-state index contributed by atoms with van der Waals surface area (Å²) in [6.45, 7) is 0. The summed E-state index contributed by atoms with van der Waals surface area (Å²) in [5, 5.41) is 5.42. The summed E-state index contributed by atoms with van der Waals surface area (Å²) in [5.41, 5.74) is 2.51. The van der Waals surface area contributed by atoms with Gasteiger partial charge in [0, 0.05) is 16.1 Å². The molecule has 3 N–H and O–H groups in total. The van der Waals surface area contributed by atoms with Crippen molar-refractivity contribution in [2.75, 3.05) is 5.32 Å². The van der Waals surface area contributed by atoms with E-state index in [0.29, 0.717) is 11.4 Å². The zero-order valence-corrected chi connectivity index (χ0v) is 15.6. The number of halogens is 1. The summed E-state index contributed by atoms with van der Waals surface area (Å²) < 4.78 is 0.967. The van der Waals surface area contributed by atoms with Crippen LogP contribution in [0.3, 0.4) is 0 Å². The molecule has 0 aliphatic carbocycles. The molecule has 1 aliphatic rings.